The van der Waals surface area contributed by atoms with Crippen LogP contribution in [0.3, 0.4) is 0 Å². The van der Waals surface area contributed by atoms with Crippen molar-refractivity contribution in [3.05, 3.63) is 35.4 Å². The fraction of sp³-hybridized carbons (Fsp3) is 0.500. The minimum absolute atomic E-state index is 0.319. The van der Waals surface area contributed by atoms with Gasteiger partial charge in [0.2, 0.25) is 0 Å². The molecule has 0 aromatic heterocycles. The normalized spacial score (nSPS) is 17.2. The van der Waals surface area contributed by atoms with Crippen LogP contribution in [0, 0.1) is 12.3 Å². The van der Waals surface area contributed by atoms with Gasteiger partial charge in [-0.25, -0.2) is 0 Å². The standard InChI is InChI=1S/C14H19NO3/c1-11-3-2-4-12(7-11)5-6-15-8-14(13(16)17)9-18-10-14/h2-4,7,15H,5-6,8-10H2,1H3,(H,16,17). The van der Waals surface area contributed by atoms with Crippen molar-refractivity contribution in [2.75, 3.05) is 26.3 Å². The third kappa shape index (κ3) is 2.89. The van der Waals surface area contributed by atoms with Crippen molar-refractivity contribution < 1.29 is 14.6 Å². The molecule has 18 heavy (non-hydrogen) atoms. The summed E-state index contributed by atoms with van der Waals surface area (Å²) in [6.07, 6.45) is 0.915. The zero-order chi connectivity index (χ0) is 13.0. The minimum Gasteiger partial charge on any atom is -0.481 e. The van der Waals surface area contributed by atoms with Gasteiger partial charge < -0.3 is 15.2 Å². The summed E-state index contributed by atoms with van der Waals surface area (Å²) in [4.78, 5) is 11.1. The van der Waals surface area contributed by atoms with Gasteiger partial charge >= 0.3 is 5.97 Å². The molecule has 0 aliphatic carbocycles. The maximum Gasteiger partial charge on any atom is 0.315 e. The molecule has 0 saturated carbocycles. The van der Waals surface area contributed by atoms with Crippen molar-refractivity contribution >= 4 is 5.97 Å². The van der Waals surface area contributed by atoms with Crippen LogP contribution in [0.2, 0.25) is 0 Å². The molecule has 4 nitrogen and oxygen atoms in total. The maximum absolute atomic E-state index is 11.1. The van der Waals surface area contributed by atoms with E-state index in [0.29, 0.717) is 19.8 Å². The lowest BCUT2D eigenvalue weighted by Crippen LogP contribution is -2.55. The van der Waals surface area contributed by atoms with Crippen LogP contribution in [0.1, 0.15) is 11.1 Å². The van der Waals surface area contributed by atoms with Crippen molar-refractivity contribution in [3.8, 4) is 0 Å². The zero-order valence-electron chi connectivity index (χ0n) is 10.6. The van der Waals surface area contributed by atoms with E-state index in [0.717, 1.165) is 13.0 Å². The van der Waals surface area contributed by atoms with Crippen LogP contribution < -0.4 is 5.32 Å². The molecule has 2 rings (SSSR count). The Bertz CT molecular complexity index is 427. The molecule has 0 atom stereocenters. The molecule has 1 heterocycles. The number of aryl methyl sites for hydroxylation is 1. The summed E-state index contributed by atoms with van der Waals surface area (Å²) in [5.74, 6) is -0.767. The summed E-state index contributed by atoms with van der Waals surface area (Å²) in [7, 11) is 0. The van der Waals surface area contributed by atoms with Gasteiger partial charge in [-0.3, -0.25) is 4.79 Å². The predicted molar refractivity (Wildman–Crippen MR) is 68.6 cm³/mol. The molecular weight excluding hydrogens is 230 g/mol. The lowest BCUT2D eigenvalue weighted by Gasteiger charge is -2.37. The van der Waals surface area contributed by atoms with Gasteiger partial charge in [-0.2, -0.15) is 0 Å². The Balaban J connectivity index is 1.74. The summed E-state index contributed by atoms with van der Waals surface area (Å²) in [5, 5.41) is 12.3. The minimum atomic E-state index is -0.767. The van der Waals surface area contributed by atoms with Crippen molar-refractivity contribution in [2.45, 2.75) is 13.3 Å². The van der Waals surface area contributed by atoms with Gasteiger partial charge in [-0.05, 0) is 25.5 Å². The zero-order valence-corrected chi connectivity index (χ0v) is 10.6. The molecule has 0 bridgehead atoms. The fourth-order valence-corrected chi connectivity index (χ4v) is 2.08. The van der Waals surface area contributed by atoms with E-state index in [1.807, 2.05) is 6.07 Å². The molecular formula is C14H19NO3. The largest absolute Gasteiger partial charge is 0.481 e. The van der Waals surface area contributed by atoms with Crippen molar-refractivity contribution in [3.63, 3.8) is 0 Å². The van der Waals surface area contributed by atoms with E-state index in [2.05, 4.69) is 30.4 Å². The predicted octanol–water partition coefficient (Wildman–Crippen LogP) is 1.23. The van der Waals surface area contributed by atoms with E-state index < -0.39 is 11.4 Å². The lowest BCUT2D eigenvalue weighted by molar-refractivity contribution is -0.178. The van der Waals surface area contributed by atoms with Gasteiger partial charge in [0.05, 0.1) is 13.2 Å². The number of ether oxygens (including phenoxy) is 1. The van der Waals surface area contributed by atoms with Gasteiger partial charge in [-0.15, -0.1) is 0 Å². The second kappa shape index (κ2) is 5.50. The maximum atomic E-state index is 11.1. The van der Waals surface area contributed by atoms with Gasteiger partial charge in [0.1, 0.15) is 5.41 Å². The lowest BCUT2D eigenvalue weighted by atomic mass is 9.86. The number of aliphatic carboxylic acids is 1. The molecule has 4 heteroatoms. The number of hydrogen-bond acceptors (Lipinski definition) is 3. The molecule has 98 valence electrons. The SMILES string of the molecule is Cc1cccc(CCNCC2(C(=O)O)COC2)c1. The molecule has 2 N–H and O–H groups in total. The Morgan fingerprint density at radius 1 is 1.50 bits per heavy atom. The van der Waals surface area contributed by atoms with Crippen molar-refractivity contribution in [1.29, 1.82) is 0 Å². The molecule has 0 unspecified atom stereocenters. The summed E-state index contributed by atoms with van der Waals surface area (Å²) >= 11 is 0. The average Bonchev–Trinajstić information content (AvgIpc) is 2.26. The van der Waals surface area contributed by atoms with E-state index >= 15 is 0 Å². The molecule has 0 spiro atoms. The molecule has 1 aliphatic heterocycles. The molecule has 0 radical (unpaired) electrons. The van der Waals surface area contributed by atoms with Crippen LogP contribution in [0.15, 0.2) is 24.3 Å². The molecule has 1 aromatic rings. The highest BCUT2D eigenvalue weighted by atomic mass is 16.5. The first kappa shape index (κ1) is 13.1. The van der Waals surface area contributed by atoms with Crippen molar-refractivity contribution in [2.24, 2.45) is 5.41 Å². The number of carboxylic acid groups (broad SMARTS) is 1. The molecule has 0 amide bonds. The topological polar surface area (TPSA) is 58.6 Å². The first-order chi connectivity index (χ1) is 8.62. The van der Waals surface area contributed by atoms with Crippen LogP contribution in [0.4, 0.5) is 0 Å². The Morgan fingerprint density at radius 3 is 2.83 bits per heavy atom. The second-order valence-electron chi connectivity index (χ2n) is 4.99. The van der Waals surface area contributed by atoms with Gasteiger partial charge in [0.25, 0.3) is 0 Å². The summed E-state index contributed by atoms with van der Waals surface area (Å²) < 4.78 is 5.01. The quantitative estimate of drug-likeness (QED) is 0.744. The first-order valence-corrected chi connectivity index (χ1v) is 6.20. The number of nitrogens with one attached hydrogen (secondary N) is 1. The van der Waals surface area contributed by atoms with Crippen LogP contribution in [0.25, 0.3) is 0 Å². The Hall–Kier alpha value is -1.39. The Morgan fingerprint density at radius 2 is 2.28 bits per heavy atom. The van der Waals surface area contributed by atoms with Gasteiger partial charge in [0.15, 0.2) is 0 Å². The van der Waals surface area contributed by atoms with Crippen LogP contribution >= 0.6 is 0 Å². The van der Waals surface area contributed by atoms with E-state index in [1.165, 1.54) is 11.1 Å². The first-order valence-electron chi connectivity index (χ1n) is 6.20. The van der Waals surface area contributed by atoms with E-state index in [-0.39, 0.29) is 0 Å². The smallest absolute Gasteiger partial charge is 0.315 e. The van der Waals surface area contributed by atoms with E-state index in [9.17, 15) is 4.79 Å². The molecule has 1 fully saturated rings. The fourth-order valence-electron chi connectivity index (χ4n) is 2.08. The Kier molecular flexibility index (Phi) is 3.99. The highest BCUT2D eigenvalue weighted by Crippen LogP contribution is 2.26. The highest BCUT2D eigenvalue weighted by molar-refractivity contribution is 5.76. The average molecular weight is 249 g/mol. The van der Waals surface area contributed by atoms with Gasteiger partial charge in [0, 0.05) is 6.54 Å². The number of carboxylic acids is 1. The number of rotatable bonds is 6. The second-order valence-corrected chi connectivity index (χ2v) is 4.99. The summed E-state index contributed by atoms with van der Waals surface area (Å²) in [5.41, 5.74) is 1.82. The van der Waals surface area contributed by atoms with Crippen LogP contribution in [0.5, 0.6) is 0 Å². The van der Waals surface area contributed by atoms with E-state index in [1.54, 1.807) is 0 Å². The Labute approximate surface area is 107 Å². The highest BCUT2D eigenvalue weighted by Gasteiger charge is 2.45. The number of hydrogen-bond donors (Lipinski definition) is 2. The van der Waals surface area contributed by atoms with E-state index in [4.69, 9.17) is 9.84 Å². The number of benzene rings is 1. The van der Waals surface area contributed by atoms with Gasteiger partial charge in [-0.1, -0.05) is 29.8 Å². The van der Waals surface area contributed by atoms with Crippen LogP contribution in [-0.2, 0) is 16.0 Å². The number of carbonyl (C=O) groups is 1. The monoisotopic (exact) mass is 249 g/mol. The summed E-state index contributed by atoms with van der Waals surface area (Å²) in [6.45, 7) is 3.98. The third-order valence-corrected chi connectivity index (χ3v) is 3.35. The molecule has 1 saturated heterocycles. The molecule has 1 aromatic carbocycles. The van der Waals surface area contributed by atoms with Crippen LogP contribution in [-0.4, -0.2) is 37.4 Å². The molecule has 1 aliphatic rings. The van der Waals surface area contributed by atoms with Crippen molar-refractivity contribution in [1.82, 2.24) is 5.32 Å². The third-order valence-electron chi connectivity index (χ3n) is 3.35. The summed E-state index contributed by atoms with van der Waals surface area (Å²) in [6, 6.07) is 8.36.